The van der Waals surface area contributed by atoms with Gasteiger partial charge in [0.1, 0.15) is 0 Å². The van der Waals surface area contributed by atoms with Gasteiger partial charge in [-0.3, -0.25) is 0 Å². The molecule has 1 nitrogen and oxygen atoms in total. The Kier molecular flexibility index (Phi) is 7.08. The molecule has 0 amide bonds. The van der Waals surface area contributed by atoms with Crippen molar-refractivity contribution in [2.45, 2.75) is 33.6 Å². The number of hydrogen-bond donors (Lipinski definition) is 1. The molecule has 1 heteroatoms. The van der Waals surface area contributed by atoms with Gasteiger partial charge < -0.3 is 5.73 Å². The normalized spacial score (nSPS) is 13.7. The fourth-order valence-corrected chi connectivity index (χ4v) is 0.801. The predicted molar refractivity (Wildman–Crippen MR) is 60.3 cm³/mol. The average molecular weight is 179 g/mol. The van der Waals surface area contributed by atoms with E-state index in [1.807, 2.05) is 18.2 Å². The summed E-state index contributed by atoms with van der Waals surface area (Å²) < 4.78 is 0. The molecule has 0 saturated carbocycles. The van der Waals surface area contributed by atoms with Crippen LogP contribution >= 0.6 is 0 Å². The number of rotatable bonds is 5. The smallest absolute Gasteiger partial charge is 0.0310 e. The Balaban J connectivity index is 3.88. The van der Waals surface area contributed by atoms with E-state index in [1.54, 1.807) is 0 Å². The standard InChI is InChI=1S/C12H21N/c1-4-5-6-7-8-12(13)10-9-11(2)3/h6-11H,4-5,13H2,1-3H3/b7-6-,10-9+,12-8-. The van der Waals surface area contributed by atoms with E-state index in [-0.39, 0.29) is 0 Å². The maximum atomic E-state index is 5.73. The van der Waals surface area contributed by atoms with Crippen LogP contribution in [0.25, 0.3) is 0 Å². The van der Waals surface area contributed by atoms with Crippen molar-refractivity contribution in [3.63, 3.8) is 0 Å². The zero-order valence-corrected chi connectivity index (χ0v) is 8.96. The minimum atomic E-state index is 0.562. The summed E-state index contributed by atoms with van der Waals surface area (Å²) in [4.78, 5) is 0. The Hall–Kier alpha value is -0.980. The van der Waals surface area contributed by atoms with Gasteiger partial charge in [0.25, 0.3) is 0 Å². The van der Waals surface area contributed by atoms with E-state index in [0.29, 0.717) is 5.92 Å². The van der Waals surface area contributed by atoms with E-state index in [1.165, 1.54) is 6.42 Å². The first kappa shape index (κ1) is 12.0. The molecule has 0 saturated heterocycles. The quantitative estimate of drug-likeness (QED) is 0.643. The van der Waals surface area contributed by atoms with Crippen LogP contribution in [0.4, 0.5) is 0 Å². The third-order valence-electron chi connectivity index (χ3n) is 1.55. The summed E-state index contributed by atoms with van der Waals surface area (Å²) in [6.07, 6.45) is 12.5. The lowest BCUT2D eigenvalue weighted by Crippen LogP contribution is -1.92. The third kappa shape index (κ3) is 8.93. The van der Waals surface area contributed by atoms with Crippen LogP contribution in [0, 0.1) is 5.92 Å². The van der Waals surface area contributed by atoms with Crippen molar-refractivity contribution >= 4 is 0 Å². The summed E-state index contributed by atoms with van der Waals surface area (Å²) in [7, 11) is 0. The van der Waals surface area contributed by atoms with Gasteiger partial charge in [-0.25, -0.2) is 0 Å². The van der Waals surface area contributed by atoms with Crippen molar-refractivity contribution in [1.29, 1.82) is 0 Å². The molecule has 0 aromatic rings. The lowest BCUT2D eigenvalue weighted by atomic mass is 10.2. The van der Waals surface area contributed by atoms with E-state index < -0.39 is 0 Å². The Morgan fingerprint density at radius 2 is 2.08 bits per heavy atom. The minimum absolute atomic E-state index is 0.562. The van der Waals surface area contributed by atoms with Gasteiger partial charge in [-0.2, -0.15) is 0 Å². The summed E-state index contributed by atoms with van der Waals surface area (Å²) in [6.45, 7) is 6.43. The van der Waals surface area contributed by atoms with Crippen molar-refractivity contribution in [3.05, 3.63) is 36.1 Å². The monoisotopic (exact) mass is 179 g/mol. The molecule has 0 aromatic heterocycles. The SMILES string of the molecule is CCC\C=C/C=C(N)/C=C/C(C)C. The Morgan fingerprint density at radius 1 is 1.38 bits per heavy atom. The highest BCUT2D eigenvalue weighted by molar-refractivity contribution is 5.20. The summed E-state index contributed by atoms with van der Waals surface area (Å²) >= 11 is 0. The van der Waals surface area contributed by atoms with Gasteiger partial charge in [-0.05, 0) is 24.5 Å². The van der Waals surface area contributed by atoms with E-state index in [0.717, 1.165) is 12.1 Å². The number of nitrogens with two attached hydrogens (primary N) is 1. The topological polar surface area (TPSA) is 26.0 Å². The van der Waals surface area contributed by atoms with Gasteiger partial charge in [-0.1, -0.05) is 45.4 Å². The van der Waals surface area contributed by atoms with E-state index in [9.17, 15) is 0 Å². The maximum Gasteiger partial charge on any atom is 0.0310 e. The Morgan fingerprint density at radius 3 is 2.62 bits per heavy atom. The first-order chi connectivity index (χ1) is 6.16. The number of allylic oxidation sites excluding steroid dienone is 5. The number of unbranched alkanes of at least 4 members (excludes halogenated alkanes) is 1. The molecule has 0 fully saturated rings. The molecule has 0 radical (unpaired) electrons. The highest BCUT2D eigenvalue weighted by Crippen LogP contribution is 1.97. The summed E-state index contributed by atoms with van der Waals surface area (Å²) in [5, 5.41) is 0. The van der Waals surface area contributed by atoms with Crippen molar-refractivity contribution in [3.8, 4) is 0 Å². The van der Waals surface area contributed by atoms with Gasteiger partial charge in [0.2, 0.25) is 0 Å². The Labute approximate surface area is 82.0 Å². The van der Waals surface area contributed by atoms with Crippen LogP contribution < -0.4 is 5.73 Å². The molecule has 0 rings (SSSR count). The summed E-state index contributed by atoms with van der Waals surface area (Å²) in [6, 6.07) is 0. The second-order valence-corrected chi connectivity index (χ2v) is 3.49. The van der Waals surface area contributed by atoms with Gasteiger partial charge >= 0.3 is 0 Å². The first-order valence-electron chi connectivity index (χ1n) is 4.97. The molecular formula is C12H21N. The fraction of sp³-hybridized carbons (Fsp3) is 0.500. The van der Waals surface area contributed by atoms with Gasteiger partial charge in [-0.15, -0.1) is 0 Å². The van der Waals surface area contributed by atoms with Crippen molar-refractivity contribution in [2.75, 3.05) is 0 Å². The molecule has 0 aliphatic heterocycles. The van der Waals surface area contributed by atoms with Gasteiger partial charge in [0, 0.05) is 5.70 Å². The first-order valence-corrected chi connectivity index (χ1v) is 4.97. The molecule has 0 atom stereocenters. The molecule has 0 unspecified atom stereocenters. The molecule has 13 heavy (non-hydrogen) atoms. The van der Waals surface area contributed by atoms with Crippen LogP contribution in [0.15, 0.2) is 36.1 Å². The second kappa shape index (κ2) is 7.66. The molecular weight excluding hydrogens is 158 g/mol. The second-order valence-electron chi connectivity index (χ2n) is 3.49. The largest absolute Gasteiger partial charge is 0.399 e. The average Bonchev–Trinajstić information content (AvgIpc) is 2.09. The molecule has 74 valence electrons. The summed E-state index contributed by atoms with van der Waals surface area (Å²) in [5.41, 5.74) is 6.55. The predicted octanol–water partition coefficient (Wildman–Crippen LogP) is 3.40. The van der Waals surface area contributed by atoms with E-state index >= 15 is 0 Å². The highest BCUT2D eigenvalue weighted by atomic mass is 14.5. The van der Waals surface area contributed by atoms with Crippen molar-refractivity contribution < 1.29 is 0 Å². The van der Waals surface area contributed by atoms with Crippen LogP contribution in [0.3, 0.4) is 0 Å². The van der Waals surface area contributed by atoms with Crippen LogP contribution in [0.1, 0.15) is 33.6 Å². The molecule has 0 aliphatic rings. The molecule has 0 spiro atoms. The maximum absolute atomic E-state index is 5.73. The minimum Gasteiger partial charge on any atom is -0.399 e. The van der Waals surface area contributed by atoms with Crippen LogP contribution in [-0.2, 0) is 0 Å². The molecule has 0 heterocycles. The molecule has 0 aliphatic carbocycles. The lowest BCUT2D eigenvalue weighted by Gasteiger charge is -1.93. The van der Waals surface area contributed by atoms with Gasteiger partial charge in [0.05, 0.1) is 0 Å². The Bertz CT molecular complexity index is 197. The highest BCUT2D eigenvalue weighted by Gasteiger charge is 1.83. The zero-order chi connectivity index (χ0) is 10.1. The van der Waals surface area contributed by atoms with E-state index in [4.69, 9.17) is 5.73 Å². The summed E-state index contributed by atoms with van der Waals surface area (Å²) in [5.74, 6) is 0.562. The van der Waals surface area contributed by atoms with Gasteiger partial charge in [0.15, 0.2) is 0 Å². The van der Waals surface area contributed by atoms with Crippen molar-refractivity contribution in [1.82, 2.24) is 0 Å². The fourth-order valence-electron chi connectivity index (χ4n) is 0.801. The van der Waals surface area contributed by atoms with Crippen molar-refractivity contribution in [2.24, 2.45) is 11.7 Å². The lowest BCUT2D eigenvalue weighted by molar-refractivity contribution is 0.830. The van der Waals surface area contributed by atoms with Crippen LogP contribution in [0.5, 0.6) is 0 Å². The third-order valence-corrected chi connectivity index (χ3v) is 1.55. The van der Waals surface area contributed by atoms with Crippen LogP contribution in [-0.4, -0.2) is 0 Å². The molecule has 0 bridgehead atoms. The van der Waals surface area contributed by atoms with Crippen LogP contribution in [0.2, 0.25) is 0 Å². The zero-order valence-electron chi connectivity index (χ0n) is 8.96. The molecule has 0 aromatic carbocycles. The molecule has 2 N–H and O–H groups in total. The van der Waals surface area contributed by atoms with E-state index in [2.05, 4.69) is 32.9 Å². The number of hydrogen-bond acceptors (Lipinski definition) is 1.